The zero-order chi connectivity index (χ0) is 24.5. The fourth-order valence-corrected chi connectivity index (χ4v) is 5.03. The highest BCUT2D eigenvalue weighted by atomic mass is 32.2. The first-order valence-electron chi connectivity index (χ1n) is 10.1. The van der Waals surface area contributed by atoms with E-state index in [4.69, 9.17) is 4.74 Å². The van der Waals surface area contributed by atoms with Crippen LogP contribution in [0.15, 0.2) is 59.9 Å². The van der Waals surface area contributed by atoms with E-state index in [0.29, 0.717) is 28.2 Å². The fourth-order valence-electron chi connectivity index (χ4n) is 3.71. The van der Waals surface area contributed by atoms with Crippen LogP contribution < -0.4 is 15.1 Å². The number of hydroxylamine groups is 1. The van der Waals surface area contributed by atoms with Crippen LogP contribution >= 0.6 is 0 Å². The summed E-state index contributed by atoms with van der Waals surface area (Å²) >= 11 is 0. The first kappa shape index (κ1) is 23.1. The molecule has 0 fully saturated rings. The summed E-state index contributed by atoms with van der Waals surface area (Å²) in [7, 11) is -0.717. The molecule has 0 saturated heterocycles. The van der Waals surface area contributed by atoms with Gasteiger partial charge in [-0.2, -0.15) is 5.10 Å². The average molecular weight is 483 g/mol. The maximum Gasteiger partial charge on any atom is 0.278 e. The third kappa shape index (κ3) is 4.16. The summed E-state index contributed by atoms with van der Waals surface area (Å²) in [5.41, 5.74) is 3.21. The molecule has 0 atom stereocenters. The number of carbonyl (C=O) groups is 1. The Hall–Kier alpha value is -4.03. The van der Waals surface area contributed by atoms with Gasteiger partial charge in [0.15, 0.2) is 15.5 Å². The normalized spacial score (nSPS) is 11.4. The highest BCUT2D eigenvalue weighted by molar-refractivity contribution is 7.91. The van der Waals surface area contributed by atoms with Crippen molar-refractivity contribution in [1.29, 1.82) is 0 Å². The summed E-state index contributed by atoms with van der Waals surface area (Å²) < 4.78 is 33.6. The quantitative estimate of drug-likeness (QED) is 0.300. The second kappa shape index (κ2) is 9.08. The summed E-state index contributed by atoms with van der Waals surface area (Å²) in [5, 5.41) is 14.2. The van der Waals surface area contributed by atoms with Crippen molar-refractivity contribution in [2.45, 2.75) is 11.8 Å². The van der Waals surface area contributed by atoms with Crippen LogP contribution in [0.2, 0.25) is 0 Å². The number of sulfone groups is 1. The number of amides is 1. The minimum atomic E-state index is -3.90. The van der Waals surface area contributed by atoms with Gasteiger partial charge in [-0.15, -0.1) is 0 Å². The van der Waals surface area contributed by atoms with Gasteiger partial charge in [0, 0.05) is 19.4 Å². The van der Waals surface area contributed by atoms with E-state index in [9.17, 15) is 18.4 Å². The van der Waals surface area contributed by atoms with E-state index in [2.05, 4.69) is 15.1 Å². The van der Waals surface area contributed by atoms with Crippen molar-refractivity contribution >= 4 is 38.2 Å². The molecule has 0 aliphatic heterocycles. The van der Waals surface area contributed by atoms with Crippen LogP contribution in [0.4, 0.5) is 11.4 Å². The van der Waals surface area contributed by atoms with E-state index in [1.54, 1.807) is 49.9 Å². The molecular formula is C22H22N6O5S. The smallest absolute Gasteiger partial charge is 0.278 e. The molecule has 34 heavy (non-hydrogen) atoms. The van der Waals surface area contributed by atoms with Crippen LogP contribution in [0.3, 0.4) is 0 Å². The Morgan fingerprint density at radius 3 is 2.56 bits per heavy atom. The van der Waals surface area contributed by atoms with Crippen LogP contribution in [-0.4, -0.2) is 52.3 Å². The van der Waals surface area contributed by atoms with Crippen molar-refractivity contribution < 1.29 is 23.2 Å². The molecule has 0 spiro atoms. The van der Waals surface area contributed by atoms with Gasteiger partial charge in [-0.3, -0.25) is 19.7 Å². The van der Waals surface area contributed by atoms with Crippen LogP contribution in [0.1, 0.15) is 16.1 Å². The average Bonchev–Trinajstić information content (AvgIpc) is 3.15. The zero-order valence-corrected chi connectivity index (χ0v) is 19.4. The highest BCUT2D eigenvalue weighted by Crippen LogP contribution is 2.37. The van der Waals surface area contributed by atoms with Crippen LogP contribution in [0.5, 0.6) is 5.75 Å². The molecule has 1 amide bonds. The lowest BCUT2D eigenvalue weighted by Crippen LogP contribution is -2.29. The number of nitrogens with zero attached hydrogens (tertiary/aromatic N) is 5. The van der Waals surface area contributed by atoms with Crippen molar-refractivity contribution in [2.24, 2.45) is 7.05 Å². The number of aromatic nitrogens is 4. The Bertz CT molecular complexity index is 1450. The maximum absolute atomic E-state index is 13.5. The molecule has 0 aliphatic rings. The lowest BCUT2D eigenvalue weighted by atomic mass is 10.1. The number of aryl methyl sites for hydroxylation is 2. The van der Waals surface area contributed by atoms with Crippen LogP contribution in [0.25, 0.3) is 11.0 Å². The number of nitrogens with one attached hydrogen (secondary N) is 1. The van der Waals surface area contributed by atoms with E-state index in [-0.39, 0.29) is 16.1 Å². The molecule has 0 radical (unpaired) electrons. The van der Waals surface area contributed by atoms with Gasteiger partial charge in [-0.1, -0.05) is 0 Å². The van der Waals surface area contributed by atoms with Crippen molar-refractivity contribution in [2.75, 3.05) is 17.9 Å². The van der Waals surface area contributed by atoms with Crippen molar-refractivity contribution in [1.82, 2.24) is 25.2 Å². The van der Waals surface area contributed by atoms with Gasteiger partial charge >= 0.3 is 0 Å². The number of methoxy groups -OCH3 is 1. The molecule has 1 aromatic carbocycles. The van der Waals surface area contributed by atoms with E-state index in [1.165, 1.54) is 41.2 Å². The molecule has 3 aromatic heterocycles. The van der Waals surface area contributed by atoms with Gasteiger partial charge in [0.05, 0.1) is 46.2 Å². The lowest BCUT2D eigenvalue weighted by Gasteiger charge is -2.27. The molecule has 0 aliphatic carbocycles. The number of hydrogen-bond acceptors (Lipinski definition) is 9. The molecule has 176 valence electrons. The topological polar surface area (TPSA) is 140 Å². The zero-order valence-electron chi connectivity index (χ0n) is 18.6. The minimum Gasteiger partial charge on any atom is -0.497 e. The number of benzene rings is 1. The number of fused-ring (bicyclic) bond motifs is 1. The minimum absolute atomic E-state index is 0.0279. The molecule has 11 nitrogen and oxygen atoms in total. The van der Waals surface area contributed by atoms with Gasteiger partial charge in [0.25, 0.3) is 5.91 Å². The Kier molecular flexibility index (Phi) is 6.18. The second-order valence-corrected chi connectivity index (χ2v) is 9.39. The van der Waals surface area contributed by atoms with Crippen molar-refractivity contribution in [3.05, 3.63) is 66.2 Å². The SMILES string of the molecule is COc1ccc(S(=O)(=O)CN(c2cccnc2)c2c(C(=O)NO)cnc3c2c(C)nn3C)cc1. The first-order chi connectivity index (χ1) is 16.3. The molecule has 12 heteroatoms. The molecule has 0 saturated carbocycles. The molecule has 4 aromatic rings. The predicted molar refractivity (Wildman–Crippen MR) is 124 cm³/mol. The summed E-state index contributed by atoms with van der Waals surface area (Å²) in [5.74, 6) is -0.848. The lowest BCUT2D eigenvalue weighted by molar-refractivity contribution is 0.0707. The molecule has 2 N–H and O–H groups in total. The Balaban J connectivity index is 1.96. The Morgan fingerprint density at radius 1 is 1.21 bits per heavy atom. The standard InChI is InChI=1S/C22H22N6O5S/c1-14-19-20(18(22(29)26-30)12-24-21(19)27(2)25-14)28(15-5-4-10-23-11-15)13-34(31,32)17-8-6-16(33-3)7-9-17/h4-12,30H,13H2,1-3H3,(H,26,29). The summed E-state index contributed by atoms with van der Waals surface area (Å²) in [4.78, 5) is 22.6. The number of ether oxygens (including phenoxy) is 1. The monoisotopic (exact) mass is 482 g/mol. The number of rotatable bonds is 7. The molecule has 0 unspecified atom stereocenters. The summed E-state index contributed by atoms with van der Waals surface area (Å²) in [6.07, 6.45) is 4.31. The van der Waals surface area contributed by atoms with Gasteiger partial charge in [-0.05, 0) is 43.3 Å². The van der Waals surface area contributed by atoms with E-state index in [1.807, 2.05) is 0 Å². The number of carbonyl (C=O) groups excluding carboxylic acids is 1. The van der Waals surface area contributed by atoms with Gasteiger partial charge in [0.1, 0.15) is 11.6 Å². The second-order valence-electron chi connectivity index (χ2n) is 7.43. The largest absolute Gasteiger partial charge is 0.497 e. The van der Waals surface area contributed by atoms with Gasteiger partial charge < -0.3 is 9.64 Å². The maximum atomic E-state index is 13.5. The predicted octanol–water partition coefficient (Wildman–Crippen LogP) is 2.37. The molecular weight excluding hydrogens is 460 g/mol. The van der Waals surface area contributed by atoms with E-state index >= 15 is 0 Å². The third-order valence-corrected chi connectivity index (χ3v) is 6.88. The Labute approximate surface area is 195 Å². The van der Waals surface area contributed by atoms with E-state index < -0.39 is 21.6 Å². The van der Waals surface area contributed by atoms with Crippen LogP contribution in [0, 0.1) is 6.92 Å². The molecule has 4 rings (SSSR count). The van der Waals surface area contributed by atoms with E-state index in [0.717, 1.165) is 0 Å². The number of pyridine rings is 2. The highest BCUT2D eigenvalue weighted by Gasteiger charge is 2.29. The van der Waals surface area contributed by atoms with Crippen molar-refractivity contribution in [3.8, 4) is 5.75 Å². The van der Waals surface area contributed by atoms with Crippen molar-refractivity contribution in [3.63, 3.8) is 0 Å². The first-order valence-corrected chi connectivity index (χ1v) is 11.7. The van der Waals surface area contributed by atoms with Gasteiger partial charge in [-0.25, -0.2) is 18.9 Å². The van der Waals surface area contributed by atoms with Gasteiger partial charge in [0.2, 0.25) is 0 Å². The third-order valence-electron chi connectivity index (χ3n) is 5.29. The fraction of sp³-hybridized carbons (Fsp3) is 0.182. The number of hydrogen-bond donors (Lipinski definition) is 2. The summed E-state index contributed by atoms with van der Waals surface area (Å²) in [6, 6.07) is 9.35. The number of anilines is 2. The van der Waals surface area contributed by atoms with Crippen LogP contribution in [-0.2, 0) is 16.9 Å². The molecule has 3 heterocycles. The Morgan fingerprint density at radius 2 is 1.94 bits per heavy atom. The molecule has 0 bridgehead atoms. The summed E-state index contributed by atoms with van der Waals surface area (Å²) in [6.45, 7) is 1.73.